The fraction of sp³-hybridized carbons (Fsp3) is 0.0769. The van der Waals surface area contributed by atoms with Crippen molar-refractivity contribution >= 4 is 33.3 Å². The van der Waals surface area contributed by atoms with Crippen molar-refractivity contribution in [1.29, 1.82) is 0 Å². The number of hydrogen-bond acceptors (Lipinski definition) is 3. The van der Waals surface area contributed by atoms with Gasteiger partial charge < -0.3 is 4.18 Å². The summed E-state index contributed by atoms with van der Waals surface area (Å²) in [5.41, 5.74) is -5.09. The first kappa shape index (κ1) is 16.9. The van der Waals surface area contributed by atoms with Gasteiger partial charge in [-0.3, -0.25) is 0 Å². The van der Waals surface area contributed by atoms with Gasteiger partial charge in [-0.2, -0.15) is 21.6 Å². The van der Waals surface area contributed by atoms with Gasteiger partial charge in [-0.25, -0.2) is 0 Å². The molecule has 0 aliphatic heterocycles. The van der Waals surface area contributed by atoms with E-state index in [0.29, 0.717) is 10.6 Å². The smallest absolute Gasteiger partial charge is 0.375 e. The summed E-state index contributed by atoms with van der Waals surface area (Å²) >= 11 is 11.6. The Morgan fingerprint density at radius 3 is 2.18 bits per heavy atom. The number of benzene rings is 2. The zero-order chi connectivity index (χ0) is 16.5. The van der Waals surface area contributed by atoms with Crippen molar-refractivity contribution < 1.29 is 25.8 Å². The summed E-state index contributed by atoms with van der Waals surface area (Å²) in [6, 6.07) is 9.64. The Morgan fingerprint density at radius 1 is 0.955 bits per heavy atom. The molecule has 0 spiro atoms. The van der Waals surface area contributed by atoms with Crippen LogP contribution in [-0.2, 0) is 10.1 Å². The first-order chi connectivity index (χ1) is 10.1. The van der Waals surface area contributed by atoms with Crippen LogP contribution in [0.4, 0.5) is 13.2 Å². The van der Waals surface area contributed by atoms with Crippen molar-refractivity contribution in [2.24, 2.45) is 0 Å². The van der Waals surface area contributed by atoms with Crippen LogP contribution in [0, 0.1) is 0 Å². The highest BCUT2D eigenvalue weighted by Gasteiger charge is 2.48. The summed E-state index contributed by atoms with van der Waals surface area (Å²) in [6.07, 6.45) is 0. The number of hydrogen-bond donors (Lipinski definition) is 0. The van der Waals surface area contributed by atoms with Crippen molar-refractivity contribution in [2.45, 2.75) is 5.51 Å². The molecule has 0 heterocycles. The SMILES string of the molecule is O=S(=O)(Oc1ccc(Cl)cc1-c1cccc(Cl)c1)C(F)(F)F. The molecule has 0 unspecified atom stereocenters. The molecule has 0 bridgehead atoms. The first-order valence-electron chi connectivity index (χ1n) is 5.66. The van der Waals surface area contributed by atoms with Crippen LogP contribution < -0.4 is 4.18 Å². The minimum absolute atomic E-state index is 0.0721. The molecule has 22 heavy (non-hydrogen) atoms. The molecule has 0 fully saturated rings. The van der Waals surface area contributed by atoms with E-state index < -0.39 is 21.4 Å². The van der Waals surface area contributed by atoms with E-state index in [9.17, 15) is 21.6 Å². The van der Waals surface area contributed by atoms with Gasteiger partial charge in [-0.05, 0) is 35.9 Å². The van der Waals surface area contributed by atoms with E-state index in [1.165, 1.54) is 24.3 Å². The minimum atomic E-state index is -5.78. The van der Waals surface area contributed by atoms with Gasteiger partial charge in [0.05, 0.1) is 0 Å². The Kier molecular flexibility index (Phi) is 4.60. The Morgan fingerprint density at radius 2 is 1.59 bits per heavy atom. The van der Waals surface area contributed by atoms with Gasteiger partial charge in [0.2, 0.25) is 0 Å². The van der Waals surface area contributed by atoms with Gasteiger partial charge in [-0.1, -0.05) is 35.3 Å². The van der Waals surface area contributed by atoms with Crippen molar-refractivity contribution in [1.82, 2.24) is 0 Å². The number of halogens is 5. The molecular formula is C13H7Cl2F3O3S. The molecule has 118 valence electrons. The molecule has 0 amide bonds. The van der Waals surface area contributed by atoms with Gasteiger partial charge in [0, 0.05) is 15.6 Å². The first-order valence-corrected chi connectivity index (χ1v) is 7.83. The summed E-state index contributed by atoms with van der Waals surface area (Å²) in [7, 11) is -5.78. The molecule has 9 heteroatoms. The molecule has 2 aromatic rings. The summed E-state index contributed by atoms with van der Waals surface area (Å²) in [4.78, 5) is 0. The Balaban J connectivity index is 2.55. The molecule has 2 rings (SSSR count). The third kappa shape index (κ3) is 3.66. The van der Waals surface area contributed by atoms with Gasteiger partial charge in [0.25, 0.3) is 0 Å². The number of rotatable bonds is 3. The lowest BCUT2D eigenvalue weighted by Crippen LogP contribution is -2.28. The monoisotopic (exact) mass is 370 g/mol. The normalized spacial score (nSPS) is 12.2. The van der Waals surface area contributed by atoms with E-state index in [2.05, 4.69) is 4.18 Å². The highest BCUT2D eigenvalue weighted by molar-refractivity contribution is 7.88. The predicted octanol–water partition coefficient (Wildman–Crippen LogP) is 4.89. The lowest BCUT2D eigenvalue weighted by molar-refractivity contribution is -0.0499. The van der Waals surface area contributed by atoms with Gasteiger partial charge in [-0.15, -0.1) is 0 Å². The molecule has 0 aromatic heterocycles. The third-order valence-electron chi connectivity index (χ3n) is 2.56. The van der Waals surface area contributed by atoms with E-state index in [-0.39, 0.29) is 10.6 Å². The van der Waals surface area contributed by atoms with Crippen LogP contribution in [0.15, 0.2) is 42.5 Å². The second-order valence-electron chi connectivity index (χ2n) is 4.13. The lowest BCUT2D eigenvalue weighted by Gasteiger charge is -2.13. The maximum atomic E-state index is 12.4. The molecule has 3 nitrogen and oxygen atoms in total. The molecule has 0 saturated carbocycles. The highest BCUT2D eigenvalue weighted by atomic mass is 35.5. The van der Waals surface area contributed by atoms with Crippen molar-refractivity contribution in [3.8, 4) is 16.9 Å². The maximum absolute atomic E-state index is 12.4. The molecule has 0 aliphatic carbocycles. The van der Waals surface area contributed by atoms with Crippen LogP contribution in [-0.4, -0.2) is 13.9 Å². The van der Waals surface area contributed by atoms with Crippen molar-refractivity contribution in [3.05, 3.63) is 52.5 Å². The zero-order valence-corrected chi connectivity index (χ0v) is 12.9. The second kappa shape index (κ2) is 5.98. The van der Waals surface area contributed by atoms with Gasteiger partial charge in [0.1, 0.15) is 0 Å². The topological polar surface area (TPSA) is 43.4 Å². The van der Waals surface area contributed by atoms with E-state index in [0.717, 1.165) is 6.07 Å². The Labute approximate surface area is 134 Å². The van der Waals surface area contributed by atoms with E-state index in [1.54, 1.807) is 12.1 Å². The quantitative estimate of drug-likeness (QED) is 0.570. The summed E-state index contributed by atoms with van der Waals surface area (Å²) in [5, 5.41) is 0.522. The average molecular weight is 371 g/mol. The van der Waals surface area contributed by atoms with Gasteiger partial charge in [0.15, 0.2) is 5.75 Å². The molecular weight excluding hydrogens is 364 g/mol. The highest BCUT2D eigenvalue weighted by Crippen LogP contribution is 2.36. The fourth-order valence-corrected chi connectivity index (χ4v) is 2.46. The van der Waals surface area contributed by atoms with Crippen LogP contribution in [0.5, 0.6) is 5.75 Å². The van der Waals surface area contributed by atoms with Crippen LogP contribution >= 0.6 is 23.2 Å². The van der Waals surface area contributed by atoms with Crippen LogP contribution in [0.3, 0.4) is 0 Å². The third-order valence-corrected chi connectivity index (χ3v) is 4.00. The maximum Gasteiger partial charge on any atom is 0.534 e. The Bertz CT molecular complexity index is 804. The standard InChI is InChI=1S/C13H7Cl2F3O3S/c14-9-3-1-2-8(6-9)11-7-10(15)4-5-12(11)21-22(19,20)13(16,17)18/h1-7H. The number of alkyl halides is 3. The zero-order valence-electron chi connectivity index (χ0n) is 10.6. The second-order valence-corrected chi connectivity index (χ2v) is 6.54. The van der Waals surface area contributed by atoms with Crippen molar-refractivity contribution in [2.75, 3.05) is 0 Å². The van der Waals surface area contributed by atoms with E-state index in [4.69, 9.17) is 23.2 Å². The van der Waals surface area contributed by atoms with Crippen LogP contribution in [0.25, 0.3) is 11.1 Å². The fourth-order valence-electron chi connectivity index (χ4n) is 1.62. The predicted molar refractivity (Wildman–Crippen MR) is 77.5 cm³/mol. The molecule has 0 aliphatic rings. The van der Waals surface area contributed by atoms with Gasteiger partial charge >= 0.3 is 15.6 Å². The molecule has 0 radical (unpaired) electrons. The van der Waals surface area contributed by atoms with Crippen LogP contribution in [0.1, 0.15) is 0 Å². The van der Waals surface area contributed by atoms with Crippen molar-refractivity contribution in [3.63, 3.8) is 0 Å². The minimum Gasteiger partial charge on any atom is -0.375 e. The molecule has 2 aromatic carbocycles. The summed E-state index contributed by atoms with van der Waals surface area (Å²) in [6.45, 7) is 0. The lowest BCUT2D eigenvalue weighted by atomic mass is 10.1. The van der Waals surface area contributed by atoms with E-state index >= 15 is 0 Å². The summed E-state index contributed by atoms with van der Waals surface area (Å²) < 4.78 is 63.8. The molecule has 0 N–H and O–H groups in total. The van der Waals surface area contributed by atoms with E-state index in [1.807, 2.05) is 0 Å². The summed E-state index contributed by atoms with van der Waals surface area (Å²) in [5.74, 6) is -0.496. The van der Waals surface area contributed by atoms with Crippen LogP contribution in [0.2, 0.25) is 10.0 Å². The largest absolute Gasteiger partial charge is 0.534 e. The Hall–Kier alpha value is -1.44. The molecule has 0 saturated heterocycles. The average Bonchev–Trinajstić information content (AvgIpc) is 2.39. The molecule has 0 atom stereocenters.